The van der Waals surface area contributed by atoms with Gasteiger partial charge in [-0.2, -0.15) is 0 Å². The third kappa shape index (κ3) is 2.78. The summed E-state index contributed by atoms with van der Waals surface area (Å²) in [7, 11) is 0. The van der Waals surface area contributed by atoms with E-state index >= 15 is 0 Å². The van der Waals surface area contributed by atoms with E-state index in [-0.39, 0.29) is 5.41 Å². The van der Waals surface area contributed by atoms with Gasteiger partial charge in [0.15, 0.2) is 0 Å². The average molecular weight is 270 g/mol. The van der Waals surface area contributed by atoms with Crippen molar-refractivity contribution in [2.45, 2.75) is 46.2 Å². The van der Waals surface area contributed by atoms with Crippen LogP contribution in [0.5, 0.6) is 0 Å². The second kappa shape index (κ2) is 5.06. The molecule has 2 aromatic heterocycles. The van der Waals surface area contributed by atoms with Crippen molar-refractivity contribution < 1.29 is 4.42 Å². The smallest absolute Gasteiger partial charge is 0.109 e. The Hall–Kier alpha value is -1.61. The Morgan fingerprint density at radius 2 is 2.20 bits per heavy atom. The summed E-state index contributed by atoms with van der Waals surface area (Å²) in [5.41, 5.74) is 3.76. The third-order valence-corrected chi connectivity index (χ3v) is 4.03. The number of nitrogens with zero attached hydrogens (tertiary/aromatic N) is 1. The summed E-state index contributed by atoms with van der Waals surface area (Å²) in [6.45, 7) is 7.44. The summed E-state index contributed by atoms with van der Waals surface area (Å²) in [5.74, 6) is 1.14. The van der Waals surface area contributed by atoms with Gasteiger partial charge in [0.05, 0.1) is 12.0 Å². The van der Waals surface area contributed by atoms with Crippen LogP contribution in [0.2, 0.25) is 0 Å². The van der Waals surface area contributed by atoms with E-state index in [0.717, 1.165) is 36.5 Å². The van der Waals surface area contributed by atoms with Crippen LogP contribution < -0.4 is 5.32 Å². The lowest BCUT2D eigenvalue weighted by Gasteiger charge is -2.34. The van der Waals surface area contributed by atoms with Crippen molar-refractivity contribution in [3.05, 3.63) is 53.2 Å². The number of pyridine rings is 1. The van der Waals surface area contributed by atoms with Crippen molar-refractivity contribution in [2.24, 2.45) is 5.41 Å². The predicted molar refractivity (Wildman–Crippen MR) is 79.4 cm³/mol. The first-order valence-electron chi connectivity index (χ1n) is 7.26. The number of aromatic nitrogens is 1. The van der Waals surface area contributed by atoms with E-state index in [1.165, 1.54) is 5.56 Å². The molecule has 0 aromatic carbocycles. The molecule has 1 atom stereocenters. The zero-order chi connectivity index (χ0) is 14.2. The molecule has 0 radical (unpaired) electrons. The van der Waals surface area contributed by atoms with Gasteiger partial charge in [0.25, 0.3) is 0 Å². The summed E-state index contributed by atoms with van der Waals surface area (Å²) in [5, 5.41) is 3.64. The predicted octanol–water partition coefficient (Wildman–Crippen LogP) is 3.79. The number of rotatable bonds is 3. The molecule has 0 aliphatic heterocycles. The molecular weight excluding hydrogens is 248 g/mol. The Labute approximate surface area is 120 Å². The molecule has 0 saturated carbocycles. The Morgan fingerprint density at radius 1 is 1.35 bits per heavy atom. The van der Waals surface area contributed by atoms with Gasteiger partial charge in [0.2, 0.25) is 0 Å². The van der Waals surface area contributed by atoms with Gasteiger partial charge in [-0.05, 0) is 37.0 Å². The molecule has 0 unspecified atom stereocenters. The normalized spacial score (nSPS) is 20.6. The highest BCUT2D eigenvalue weighted by Gasteiger charge is 2.33. The summed E-state index contributed by atoms with van der Waals surface area (Å²) in [6.07, 6.45) is 3.97. The van der Waals surface area contributed by atoms with Crippen molar-refractivity contribution in [3.63, 3.8) is 0 Å². The highest BCUT2D eigenvalue weighted by Crippen LogP contribution is 2.41. The number of fused-ring (bicyclic) bond motifs is 1. The van der Waals surface area contributed by atoms with Gasteiger partial charge in [-0.1, -0.05) is 19.9 Å². The molecule has 1 aliphatic rings. The highest BCUT2D eigenvalue weighted by molar-refractivity contribution is 5.26. The summed E-state index contributed by atoms with van der Waals surface area (Å²) < 4.78 is 5.64. The first-order chi connectivity index (χ1) is 9.53. The number of nitrogens with one attached hydrogen (secondary N) is 1. The fraction of sp³-hybridized carbons (Fsp3) is 0.471. The summed E-state index contributed by atoms with van der Waals surface area (Å²) >= 11 is 0. The zero-order valence-corrected chi connectivity index (χ0v) is 12.4. The van der Waals surface area contributed by atoms with Gasteiger partial charge in [0, 0.05) is 30.3 Å². The van der Waals surface area contributed by atoms with E-state index in [9.17, 15) is 0 Å². The Morgan fingerprint density at radius 3 is 3.00 bits per heavy atom. The first-order valence-corrected chi connectivity index (χ1v) is 7.26. The average Bonchev–Trinajstić information content (AvgIpc) is 2.82. The second-order valence-corrected chi connectivity index (χ2v) is 6.55. The fourth-order valence-corrected chi connectivity index (χ4v) is 3.08. The number of hydrogen-bond acceptors (Lipinski definition) is 3. The number of aryl methyl sites for hydroxylation is 1. The molecule has 2 heterocycles. The minimum atomic E-state index is 0.280. The minimum Gasteiger partial charge on any atom is -0.469 e. The molecule has 3 heteroatoms. The molecular formula is C17H22N2O. The topological polar surface area (TPSA) is 38.1 Å². The van der Waals surface area contributed by atoms with E-state index in [0.29, 0.717) is 6.04 Å². The van der Waals surface area contributed by atoms with Gasteiger partial charge < -0.3 is 9.73 Å². The van der Waals surface area contributed by atoms with Crippen molar-refractivity contribution in [1.29, 1.82) is 0 Å². The molecule has 1 aliphatic carbocycles. The maximum atomic E-state index is 5.64. The quantitative estimate of drug-likeness (QED) is 0.922. The van der Waals surface area contributed by atoms with E-state index < -0.39 is 0 Å². The SMILES string of the molecule is Cc1cccc(CN[C@@H]2CC(C)(C)Cc3occc32)n1. The van der Waals surface area contributed by atoms with Crippen molar-refractivity contribution >= 4 is 0 Å². The van der Waals surface area contributed by atoms with Crippen LogP contribution in [0.15, 0.2) is 34.9 Å². The molecule has 0 amide bonds. The minimum absolute atomic E-state index is 0.280. The van der Waals surface area contributed by atoms with Gasteiger partial charge in [0.1, 0.15) is 5.76 Å². The van der Waals surface area contributed by atoms with Crippen LogP contribution >= 0.6 is 0 Å². The van der Waals surface area contributed by atoms with Crippen molar-refractivity contribution in [3.8, 4) is 0 Å². The van der Waals surface area contributed by atoms with Crippen LogP contribution in [0.4, 0.5) is 0 Å². The van der Waals surface area contributed by atoms with Gasteiger partial charge in [-0.15, -0.1) is 0 Å². The van der Waals surface area contributed by atoms with Gasteiger partial charge >= 0.3 is 0 Å². The van der Waals surface area contributed by atoms with E-state index in [4.69, 9.17) is 4.42 Å². The van der Waals surface area contributed by atoms with Crippen LogP contribution in [-0.2, 0) is 13.0 Å². The molecule has 3 rings (SSSR count). The molecule has 106 valence electrons. The lowest BCUT2D eigenvalue weighted by atomic mass is 9.75. The van der Waals surface area contributed by atoms with Crippen LogP contribution in [0, 0.1) is 12.3 Å². The Kier molecular flexibility index (Phi) is 3.38. The lowest BCUT2D eigenvalue weighted by molar-refractivity contribution is 0.234. The van der Waals surface area contributed by atoms with Gasteiger partial charge in [-0.25, -0.2) is 0 Å². The van der Waals surface area contributed by atoms with E-state index in [1.54, 1.807) is 0 Å². The molecule has 0 saturated heterocycles. The lowest BCUT2D eigenvalue weighted by Crippen LogP contribution is -2.32. The molecule has 0 spiro atoms. The molecule has 1 N–H and O–H groups in total. The Bertz CT molecular complexity index is 601. The number of hydrogen-bond donors (Lipinski definition) is 1. The molecule has 2 aromatic rings. The van der Waals surface area contributed by atoms with Gasteiger partial charge in [-0.3, -0.25) is 4.98 Å². The monoisotopic (exact) mass is 270 g/mol. The van der Waals surface area contributed by atoms with Crippen molar-refractivity contribution in [1.82, 2.24) is 10.3 Å². The van der Waals surface area contributed by atoms with Crippen molar-refractivity contribution in [2.75, 3.05) is 0 Å². The van der Waals surface area contributed by atoms with Crippen LogP contribution in [0.25, 0.3) is 0 Å². The maximum Gasteiger partial charge on any atom is 0.109 e. The van der Waals surface area contributed by atoms with Crippen LogP contribution in [0.3, 0.4) is 0 Å². The molecule has 0 fully saturated rings. The summed E-state index contributed by atoms with van der Waals surface area (Å²) in [6, 6.07) is 8.63. The summed E-state index contributed by atoms with van der Waals surface area (Å²) in [4.78, 5) is 4.55. The third-order valence-electron chi connectivity index (χ3n) is 4.03. The molecule has 0 bridgehead atoms. The van der Waals surface area contributed by atoms with E-state index in [1.807, 2.05) is 19.3 Å². The number of furan rings is 1. The standard InChI is InChI=1S/C17H22N2O/c1-12-5-4-6-13(19-12)11-18-15-9-17(2,3)10-16-14(15)7-8-20-16/h4-8,15,18H,9-11H2,1-3H3/t15-/m1/s1. The first kappa shape index (κ1) is 13.4. The van der Waals surface area contributed by atoms with E-state index in [2.05, 4.69) is 42.3 Å². The van der Waals surface area contributed by atoms with Crippen LogP contribution in [-0.4, -0.2) is 4.98 Å². The van der Waals surface area contributed by atoms with Crippen LogP contribution in [0.1, 0.15) is 49.0 Å². The second-order valence-electron chi connectivity index (χ2n) is 6.55. The largest absolute Gasteiger partial charge is 0.469 e. The fourth-order valence-electron chi connectivity index (χ4n) is 3.08. The maximum absolute atomic E-state index is 5.64. The molecule has 20 heavy (non-hydrogen) atoms. The Balaban J connectivity index is 1.75. The zero-order valence-electron chi connectivity index (χ0n) is 12.4. The highest BCUT2D eigenvalue weighted by atomic mass is 16.3. The molecule has 3 nitrogen and oxygen atoms in total.